The first-order valence-corrected chi connectivity index (χ1v) is 20.2. The van der Waals surface area contributed by atoms with Crippen LogP contribution in [0.25, 0.3) is 6.08 Å². The van der Waals surface area contributed by atoms with Crippen LogP contribution >= 0.6 is 0 Å². The highest BCUT2D eigenvalue weighted by Gasteiger charge is 2.19. The number of hydrogen-bond donors (Lipinski definition) is 9. The van der Waals surface area contributed by atoms with Gasteiger partial charge in [-0.3, -0.25) is 9.59 Å². The minimum absolute atomic E-state index is 0.121. The molecule has 16 heteroatoms. The number of aliphatic carboxylic acids is 1. The lowest BCUT2D eigenvalue weighted by atomic mass is 9.87. The molecular formula is C44H66N8O8. The van der Waals surface area contributed by atoms with E-state index in [4.69, 9.17) is 21.4 Å². The second kappa shape index (κ2) is 30.5. The number of benzene rings is 2. The summed E-state index contributed by atoms with van der Waals surface area (Å²) in [5.41, 5.74) is 10.6. The largest absolute Gasteiger partial charge is 0.507 e. The Morgan fingerprint density at radius 2 is 1.67 bits per heavy atom. The van der Waals surface area contributed by atoms with Crippen LogP contribution in [0.3, 0.4) is 0 Å². The molecule has 3 unspecified atom stereocenters. The lowest BCUT2D eigenvalue weighted by molar-refractivity contribution is -0.147. The fraction of sp³-hybridized carbons (Fsp3) is 0.477. The molecule has 330 valence electrons. The van der Waals surface area contributed by atoms with E-state index in [9.17, 15) is 29.4 Å². The maximum absolute atomic E-state index is 11.6. The number of aromatic hydroxyl groups is 1. The summed E-state index contributed by atoms with van der Waals surface area (Å²) in [6, 6.07) is 11.3. The van der Waals surface area contributed by atoms with Crippen molar-refractivity contribution in [2.45, 2.75) is 116 Å². The van der Waals surface area contributed by atoms with Gasteiger partial charge in [0.2, 0.25) is 0 Å². The molecular weight excluding hydrogens is 769 g/mol. The summed E-state index contributed by atoms with van der Waals surface area (Å²) < 4.78 is 1.61. The summed E-state index contributed by atoms with van der Waals surface area (Å²) in [6.07, 6.45) is 16.5. The molecule has 0 bridgehead atoms. The molecule has 1 aliphatic rings. The van der Waals surface area contributed by atoms with E-state index in [1.807, 2.05) is 49.5 Å². The van der Waals surface area contributed by atoms with Gasteiger partial charge >= 0.3 is 5.97 Å². The number of allylic oxidation sites excluding steroid dienone is 1. The fourth-order valence-electron chi connectivity index (χ4n) is 6.24. The summed E-state index contributed by atoms with van der Waals surface area (Å²) in [4.78, 5) is 42.6. The predicted octanol–water partition coefficient (Wildman–Crippen LogP) is 4.33. The van der Waals surface area contributed by atoms with Crippen molar-refractivity contribution in [2.24, 2.45) is 5.73 Å². The lowest BCUT2D eigenvalue weighted by Crippen LogP contribution is -2.31. The number of nitrogens with zero attached hydrogens (tertiary/aromatic N) is 3. The number of likely N-dealkylation sites (N-methyl/N-ethyl adjacent to an activating group) is 1. The molecule has 1 aliphatic carbocycles. The van der Waals surface area contributed by atoms with Crippen LogP contribution in [0.4, 0.5) is 0 Å². The van der Waals surface area contributed by atoms with Gasteiger partial charge in [-0.15, -0.1) is 5.10 Å². The van der Waals surface area contributed by atoms with Crippen LogP contribution in [0.15, 0.2) is 60.4 Å². The van der Waals surface area contributed by atoms with E-state index in [-0.39, 0.29) is 35.8 Å². The minimum Gasteiger partial charge on any atom is -0.507 e. The Morgan fingerprint density at radius 3 is 2.22 bits per heavy atom. The number of rotatable bonds is 19. The number of phenolic OH excluding ortho intramolecular Hbond substituents is 1. The maximum atomic E-state index is 11.6. The number of hydrogen-bond acceptors (Lipinski definition) is 13. The fourth-order valence-corrected chi connectivity index (χ4v) is 6.24. The highest BCUT2D eigenvalue weighted by molar-refractivity contribution is 6.11. The summed E-state index contributed by atoms with van der Waals surface area (Å²) in [6.45, 7) is 6.78. The van der Waals surface area contributed by atoms with Crippen molar-refractivity contribution in [3.63, 3.8) is 0 Å². The number of carboxylic acids is 1. The molecule has 3 atom stereocenters. The Kier molecular flexibility index (Phi) is 26.7. The van der Waals surface area contributed by atoms with Gasteiger partial charge in [-0.2, -0.15) is 0 Å². The zero-order valence-corrected chi connectivity index (χ0v) is 35.6. The topological polar surface area (TPSA) is 266 Å². The van der Waals surface area contributed by atoms with Gasteiger partial charge in [-0.1, -0.05) is 54.8 Å². The van der Waals surface area contributed by atoms with Gasteiger partial charge in [0, 0.05) is 49.2 Å². The number of aliphatic hydroxyl groups excluding tert-OH is 2. The number of carboxylic acid groups (broad SMARTS) is 1. The third-order valence-corrected chi connectivity index (χ3v) is 9.62. The first kappa shape index (κ1) is 52.5. The monoisotopic (exact) mass is 835 g/mol. The number of aldehydes is 2. The van der Waals surface area contributed by atoms with Crippen molar-refractivity contribution in [3.05, 3.63) is 94.0 Å². The van der Waals surface area contributed by atoms with Crippen molar-refractivity contribution < 1.29 is 39.6 Å². The number of nitrogens with one attached hydrogen (secondary N) is 4. The standard InChI is InChI=1S/C14H17N3O.C11H24N2O4.C10H15N3O.C9H10O2/c1-2-4-11-5-3-6-12(7-11)10-17-14(18)13(8-15)9-16;1-12-7-9(14)5-3-8(13-2)4-6-10(15)11(16)17;14-7-6-13-8-10(11-12-13)9-4-2-1-3-5-9;1-6-3-8(5-10)4-7(2)9(6)11/h2-9,15H,10,16H2,1H3,(H,17,18);8-10,12-15H,3-7H2,1-2H3,(H,16,17);7-9H,1-6H2;3-5,11H,1-2H3/b4-2+,13-9+,15-8?;;;. The number of phenols is 1. The Bertz CT molecular complexity index is 1780. The molecule has 1 saturated carbocycles. The first-order chi connectivity index (χ1) is 28.8. The van der Waals surface area contributed by atoms with Crippen molar-refractivity contribution in [1.29, 1.82) is 5.41 Å². The minimum atomic E-state index is -1.30. The van der Waals surface area contributed by atoms with Gasteiger partial charge in [-0.25, -0.2) is 9.48 Å². The molecule has 3 aromatic rings. The number of aryl methyl sites for hydroxylation is 2. The average Bonchev–Trinajstić information content (AvgIpc) is 3.72. The Hall–Kier alpha value is -5.55. The Morgan fingerprint density at radius 1 is 1.00 bits per heavy atom. The SMILES string of the molecule is C/C=C/c1cccc(CNC(=O)/C(C=N)=C/N)c1.CNCC(O)CCC(CCC(O)C(=O)O)NC.Cc1cc(C=O)cc(C)c1O.O=CCn1cc(C2CCCCC2)nn1. The summed E-state index contributed by atoms with van der Waals surface area (Å²) >= 11 is 0. The van der Waals surface area contributed by atoms with Crippen LogP contribution < -0.4 is 21.7 Å². The number of nitrogens with two attached hydrogens (primary N) is 1. The molecule has 2 aromatic carbocycles. The third-order valence-electron chi connectivity index (χ3n) is 9.62. The number of amides is 1. The molecule has 60 heavy (non-hydrogen) atoms. The number of aromatic nitrogens is 3. The highest BCUT2D eigenvalue weighted by Crippen LogP contribution is 2.31. The molecule has 16 nitrogen and oxygen atoms in total. The molecule has 4 rings (SSSR count). The molecule has 1 heterocycles. The van der Waals surface area contributed by atoms with Crippen molar-refractivity contribution in [1.82, 2.24) is 30.9 Å². The molecule has 0 spiro atoms. The van der Waals surface area contributed by atoms with E-state index in [2.05, 4.69) is 26.3 Å². The van der Waals surface area contributed by atoms with Crippen LogP contribution in [0.1, 0.15) is 109 Å². The highest BCUT2D eigenvalue weighted by atomic mass is 16.4. The van der Waals surface area contributed by atoms with Crippen molar-refractivity contribution >= 4 is 36.7 Å². The van der Waals surface area contributed by atoms with Crippen LogP contribution in [-0.4, -0.2) is 105 Å². The maximum Gasteiger partial charge on any atom is 0.332 e. The van der Waals surface area contributed by atoms with E-state index in [0.29, 0.717) is 44.0 Å². The summed E-state index contributed by atoms with van der Waals surface area (Å²) in [5, 5.41) is 60.2. The van der Waals surface area contributed by atoms with Gasteiger partial charge in [0.1, 0.15) is 18.3 Å². The Balaban J connectivity index is 0.000000405. The van der Waals surface area contributed by atoms with Crippen LogP contribution in [0, 0.1) is 19.3 Å². The van der Waals surface area contributed by atoms with E-state index in [1.54, 1.807) is 44.8 Å². The number of aliphatic hydroxyl groups is 2. The Labute approximate surface area is 353 Å². The molecule has 10 N–H and O–H groups in total. The number of carbonyl (C=O) groups excluding carboxylic acids is 3. The zero-order chi connectivity index (χ0) is 44.9. The second-order valence-electron chi connectivity index (χ2n) is 14.4. The molecule has 0 saturated heterocycles. The normalized spacial score (nSPS) is 14.2. The van der Waals surface area contributed by atoms with Crippen LogP contribution in [0.5, 0.6) is 5.75 Å². The number of carbonyl (C=O) groups is 4. The van der Waals surface area contributed by atoms with Gasteiger partial charge in [0.15, 0.2) is 6.10 Å². The third kappa shape index (κ3) is 20.9. The first-order valence-electron chi connectivity index (χ1n) is 20.2. The summed E-state index contributed by atoms with van der Waals surface area (Å²) in [5.74, 6) is -0.682. The smallest absolute Gasteiger partial charge is 0.332 e. The predicted molar refractivity (Wildman–Crippen MR) is 234 cm³/mol. The molecule has 0 radical (unpaired) electrons. The lowest BCUT2D eigenvalue weighted by Gasteiger charge is -2.18. The molecule has 1 amide bonds. The molecule has 0 aliphatic heterocycles. The van der Waals surface area contributed by atoms with Gasteiger partial charge < -0.3 is 52.3 Å². The quantitative estimate of drug-likeness (QED) is 0.0463. The summed E-state index contributed by atoms with van der Waals surface area (Å²) in [7, 11) is 3.57. The van der Waals surface area contributed by atoms with E-state index >= 15 is 0 Å². The van der Waals surface area contributed by atoms with Crippen molar-refractivity contribution in [2.75, 3.05) is 20.6 Å². The van der Waals surface area contributed by atoms with Gasteiger partial charge in [0.05, 0.1) is 23.9 Å². The average molecular weight is 835 g/mol. The zero-order valence-electron chi connectivity index (χ0n) is 35.6. The van der Waals surface area contributed by atoms with Gasteiger partial charge in [0.25, 0.3) is 5.91 Å². The van der Waals surface area contributed by atoms with E-state index in [0.717, 1.165) is 59.4 Å². The molecule has 1 fully saturated rings. The molecule has 1 aromatic heterocycles. The van der Waals surface area contributed by atoms with E-state index in [1.165, 1.54) is 32.1 Å². The van der Waals surface area contributed by atoms with E-state index < -0.39 is 12.1 Å². The van der Waals surface area contributed by atoms with Crippen LogP contribution in [-0.2, 0) is 27.5 Å². The van der Waals surface area contributed by atoms with Crippen molar-refractivity contribution in [3.8, 4) is 5.75 Å². The van der Waals surface area contributed by atoms with Gasteiger partial charge in [-0.05, 0) is 114 Å². The second-order valence-corrected chi connectivity index (χ2v) is 14.4. The van der Waals surface area contributed by atoms with Crippen LogP contribution in [0.2, 0.25) is 0 Å².